The number of hydrogen-bond acceptors (Lipinski definition) is 2. The number of nitrogens with zero attached hydrogens (tertiary/aromatic N) is 1. The molecule has 90 valence electrons. The van der Waals surface area contributed by atoms with Gasteiger partial charge in [-0.25, -0.2) is 0 Å². The third kappa shape index (κ3) is 3.21. The molecule has 17 heavy (non-hydrogen) atoms. The molecule has 0 radical (unpaired) electrons. The van der Waals surface area contributed by atoms with Crippen LogP contribution in [-0.2, 0) is 0 Å². The minimum absolute atomic E-state index is 0.245. The number of carbonyl (C=O) groups is 1. The summed E-state index contributed by atoms with van der Waals surface area (Å²) in [7, 11) is 0. The summed E-state index contributed by atoms with van der Waals surface area (Å²) in [5, 5.41) is 12.3. The van der Waals surface area contributed by atoms with Gasteiger partial charge in [-0.2, -0.15) is 5.26 Å². The van der Waals surface area contributed by atoms with Gasteiger partial charge in [-0.15, -0.1) is 0 Å². The van der Waals surface area contributed by atoms with Gasteiger partial charge >= 0.3 is 0 Å². The standard InChI is InChI=1S/C13H15ClN2O/c1-4-13(3,8-15)16-12(17)11-6-5-10(14)7-9(11)2/h5-7H,4H2,1-3H3,(H,16,17). The molecule has 1 rings (SSSR count). The fourth-order valence-electron chi connectivity index (χ4n) is 1.40. The first kappa shape index (κ1) is 13.5. The van der Waals surface area contributed by atoms with E-state index in [2.05, 4.69) is 11.4 Å². The van der Waals surface area contributed by atoms with E-state index in [1.54, 1.807) is 25.1 Å². The second-order valence-electron chi connectivity index (χ2n) is 4.21. The summed E-state index contributed by atoms with van der Waals surface area (Å²) in [6, 6.07) is 7.16. The minimum atomic E-state index is -0.830. The predicted molar refractivity (Wildman–Crippen MR) is 68.0 cm³/mol. The number of nitrogens with one attached hydrogen (secondary N) is 1. The van der Waals surface area contributed by atoms with Crippen LogP contribution in [0.15, 0.2) is 18.2 Å². The molecule has 3 nitrogen and oxygen atoms in total. The topological polar surface area (TPSA) is 52.9 Å². The Bertz CT molecular complexity index is 479. The monoisotopic (exact) mass is 250 g/mol. The number of amides is 1. The van der Waals surface area contributed by atoms with Crippen molar-refractivity contribution < 1.29 is 4.79 Å². The van der Waals surface area contributed by atoms with E-state index < -0.39 is 5.54 Å². The van der Waals surface area contributed by atoms with Gasteiger partial charge in [0.25, 0.3) is 5.91 Å². The van der Waals surface area contributed by atoms with Crippen molar-refractivity contribution in [3.05, 3.63) is 34.3 Å². The van der Waals surface area contributed by atoms with Crippen LogP contribution >= 0.6 is 11.6 Å². The van der Waals surface area contributed by atoms with Crippen LogP contribution in [-0.4, -0.2) is 11.4 Å². The molecule has 0 aliphatic rings. The Morgan fingerprint density at radius 1 is 1.59 bits per heavy atom. The molecule has 0 aromatic heterocycles. The maximum atomic E-state index is 12.0. The molecule has 0 aliphatic heterocycles. The van der Waals surface area contributed by atoms with Crippen LogP contribution in [0.5, 0.6) is 0 Å². The SMILES string of the molecule is CCC(C)(C#N)NC(=O)c1ccc(Cl)cc1C. The highest BCUT2D eigenvalue weighted by molar-refractivity contribution is 6.30. The van der Waals surface area contributed by atoms with E-state index in [1.807, 2.05) is 13.8 Å². The minimum Gasteiger partial charge on any atom is -0.334 e. The molecule has 1 amide bonds. The molecule has 0 saturated heterocycles. The molecule has 0 bridgehead atoms. The summed E-state index contributed by atoms with van der Waals surface area (Å²) >= 11 is 5.83. The highest BCUT2D eigenvalue weighted by atomic mass is 35.5. The van der Waals surface area contributed by atoms with E-state index in [-0.39, 0.29) is 5.91 Å². The second-order valence-corrected chi connectivity index (χ2v) is 4.65. The van der Waals surface area contributed by atoms with Gasteiger partial charge in [-0.1, -0.05) is 18.5 Å². The molecular weight excluding hydrogens is 236 g/mol. The zero-order valence-electron chi connectivity index (χ0n) is 10.2. The average molecular weight is 251 g/mol. The van der Waals surface area contributed by atoms with Crippen molar-refractivity contribution in [1.29, 1.82) is 5.26 Å². The molecule has 0 saturated carbocycles. The van der Waals surface area contributed by atoms with Crippen LogP contribution in [0.3, 0.4) is 0 Å². The molecule has 0 aliphatic carbocycles. The van der Waals surface area contributed by atoms with Crippen LogP contribution in [0.4, 0.5) is 0 Å². The molecule has 1 unspecified atom stereocenters. The van der Waals surface area contributed by atoms with Gasteiger partial charge in [-0.05, 0) is 44.0 Å². The third-order valence-electron chi connectivity index (χ3n) is 2.78. The summed E-state index contributed by atoms with van der Waals surface area (Å²) < 4.78 is 0. The maximum Gasteiger partial charge on any atom is 0.252 e. The molecular formula is C13H15ClN2O. The van der Waals surface area contributed by atoms with Crippen molar-refractivity contribution in [2.75, 3.05) is 0 Å². The molecule has 1 atom stereocenters. The average Bonchev–Trinajstić information content (AvgIpc) is 2.28. The van der Waals surface area contributed by atoms with Crippen LogP contribution in [0.1, 0.15) is 36.2 Å². The number of carbonyl (C=O) groups excluding carboxylic acids is 1. The summed E-state index contributed by atoms with van der Waals surface area (Å²) in [6.07, 6.45) is 0.557. The summed E-state index contributed by atoms with van der Waals surface area (Å²) in [5.41, 5.74) is 0.513. The number of rotatable bonds is 3. The van der Waals surface area contributed by atoms with Gasteiger partial charge in [0, 0.05) is 10.6 Å². The zero-order valence-corrected chi connectivity index (χ0v) is 10.9. The van der Waals surface area contributed by atoms with Gasteiger partial charge in [-0.3, -0.25) is 4.79 Å². The van der Waals surface area contributed by atoms with Gasteiger partial charge in [0.1, 0.15) is 5.54 Å². The van der Waals surface area contributed by atoms with Gasteiger partial charge < -0.3 is 5.32 Å². The lowest BCUT2D eigenvalue weighted by molar-refractivity contribution is 0.0922. The van der Waals surface area contributed by atoms with Crippen molar-refractivity contribution in [3.8, 4) is 6.07 Å². The maximum absolute atomic E-state index is 12.0. The Morgan fingerprint density at radius 2 is 2.24 bits per heavy atom. The quantitative estimate of drug-likeness (QED) is 0.896. The van der Waals surface area contributed by atoms with E-state index in [0.717, 1.165) is 5.56 Å². The van der Waals surface area contributed by atoms with E-state index in [9.17, 15) is 4.79 Å². The van der Waals surface area contributed by atoms with E-state index in [0.29, 0.717) is 17.0 Å². The highest BCUT2D eigenvalue weighted by Gasteiger charge is 2.24. The van der Waals surface area contributed by atoms with Crippen LogP contribution in [0, 0.1) is 18.3 Å². The lowest BCUT2D eigenvalue weighted by Crippen LogP contribution is -2.44. The van der Waals surface area contributed by atoms with Gasteiger partial charge in [0.05, 0.1) is 6.07 Å². The largest absolute Gasteiger partial charge is 0.334 e. The Morgan fingerprint density at radius 3 is 2.71 bits per heavy atom. The summed E-state index contributed by atoms with van der Waals surface area (Å²) in [4.78, 5) is 12.0. The number of nitriles is 1. The zero-order chi connectivity index (χ0) is 13.1. The van der Waals surface area contributed by atoms with Crippen molar-refractivity contribution >= 4 is 17.5 Å². The normalized spacial score (nSPS) is 13.6. The van der Waals surface area contributed by atoms with Gasteiger partial charge in [0.2, 0.25) is 0 Å². The molecule has 0 fully saturated rings. The Balaban J connectivity index is 2.95. The number of halogens is 1. The third-order valence-corrected chi connectivity index (χ3v) is 3.01. The van der Waals surface area contributed by atoms with Crippen LogP contribution in [0.2, 0.25) is 5.02 Å². The predicted octanol–water partition coefficient (Wildman–Crippen LogP) is 3.07. The first-order chi connectivity index (χ1) is 7.91. The first-order valence-electron chi connectivity index (χ1n) is 5.42. The van der Waals surface area contributed by atoms with E-state index >= 15 is 0 Å². The molecule has 1 N–H and O–H groups in total. The lowest BCUT2D eigenvalue weighted by atomic mass is 9.99. The Kier molecular flexibility index (Phi) is 4.14. The molecule has 1 aromatic rings. The first-order valence-corrected chi connectivity index (χ1v) is 5.79. The van der Waals surface area contributed by atoms with E-state index in [1.165, 1.54) is 0 Å². The fourth-order valence-corrected chi connectivity index (χ4v) is 1.62. The molecule has 0 heterocycles. The second kappa shape index (κ2) is 5.20. The smallest absolute Gasteiger partial charge is 0.252 e. The van der Waals surface area contributed by atoms with Gasteiger partial charge in [0.15, 0.2) is 0 Å². The highest BCUT2D eigenvalue weighted by Crippen LogP contribution is 2.16. The van der Waals surface area contributed by atoms with Crippen molar-refractivity contribution in [3.63, 3.8) is 0 Å². The molecule has 4 heteroatoms. The van der Waals surface area contributed by atoms with Crippen LogP contribution < -0.4 is 5.32 Å². The summed E-state index contributed by atoms with van der Waals surface area (Å²) in [6.45, 7) is 5.38. The van der Waals surface area contributed by atoms with Crippen molar-refractivity contribution in [2.24, 2.45) is 0 Å². The van der Waals surface area contributed by atoms with Crippen molar-refractivity contribution in [2.45, 2.75) is 32.7 Å². The molecule has 0 spiro atoms. The molecule has 1 aromatic carbocycles. The van der Waals surface area contributed by atoms with Crippen LogP contribution in [0.25, 0.3) is 0 Å². The van der Waals surface area contributed by atoms with E-state index in [4.69, 9.17) is 16.9 Å². The fraction of sp³-hybridized carbons (Fsp3) is 0.385. The number of aryl methyl sites for hydroxylation is 1. The number of benzene rings is 1. The Hall–Kier alpha value is -1.53. The Labute approximate surface area is 106 Å². The van der Waals surface area contributed by atoms with Crippen molar-refractivity contribution in [1.82, 2.24) is 5.32 Å². The number of hydrogen-bond donors (Lipinski definition) is 1. The summed E-state index contributed by atoms with van der Waals surface area (Å²) in [5.74, 6) is -0.245. The lowest BCUT2D eigenvalue weighted by Gasteiger charge is -2.21.